The molecule has 96 valence electrons. The van der Waals surface area contributed by atoms with E-state index in [2.05, 4.69) is 4.84 Å². The summed E-state index contributed by atoms with van der Waals surface area (Å²) in [5, 5.41) is 0. The number of benzene rings is 1. The Hall–Kier alpha value is -1.21. The molecule has 0 spiro atoms. The van der Waals surface area contributed by atoms with Crippen molar-refractivity contribution in [2.45, 2.75) is 19.1 Å². The fraction of sp³-hybridized carbons (Fsp3) is 0.400. The molecule has 0 aliphatic rings. The quantitative estimate of drug-likeness (QED) is 0.659. The Labute approximate surface area is 94.3 Å². The lowest BCUT2D eigenvalue weighted by molar-refractivity contribution is -0.192. The predicted molar refractivity (Wildman–Crippen MR) is 49.9 cm³/mol. The normalized spacial score (nSPS) is 13.8. The molecule has 17 heavy (non-hydrogen) atoms. The maximum atomic E-state index is 13.2. The molecule has 1 aromatic carbocycles. The number of rotatable bonds is 4. The highest BCUT2D eigenvalue weighted by molar-refractivity contribution is 5.21. The first-order valence-electron chi connectivity index (χ1n) is 4.69. The van der Waals surface area contributed by atoms with Crippen LogP contribution in [0.4, 0.5) is 22.0 Å². The molecule has 2 nitrogen and oxygen atoms in total. The zero-order chi connectivity index (χ0) is 13.1. The number of halogens is 5. The van der Waals surface area contributed by atoms with Crippen molar-refractivity contribution >= 4 is 0 Å². The van der Waals surface area contributed by atoms with E-state index in [0.717, 1.165) is 6.07 Å². The summed E-state index contributed by atoms with van der Waals surface area (Å²) >= 11 is 0. The third-order valence-electron chi connectivity index (χ3n) is 1.94. The van der Waals surface area contributed by atoms with Crippen LogP contribution in [0.2, 0.25) is 0 Å². The number of hydrogen-bond donors (Lipinski definition) is 1. The van der Waals surface area contributed by atoms with Crippen molar-refractivity contribution in [3.63, 3.8) is 0 Å². The van der Waals surface area contributed by atoms with Gasteiger partial charge in [-0.1, -0.05) is 12.1 Å². The summed E-state index contributed by atoms with van der Waals surface area (Å²) in [7, 11) is 0. The number of hydroxylamine groups is 1. The summed E-state index contributed by atoms with van der Waals surface area (Å²) in [6, 6.07) is 2.54. The van der Waals surface area contributed by atoms with Gasteiger partial charge in [0, 0.05) is 5.56 Å². The summed E-state index contributed by atoms with van der Waals surface area (Å²) in [5.41, 5.74) is 1.89. The molecule has 1 rings (SSSR count). The second kappa shape index (κ2) is 5.42. The SMILES string of the molecule is CC(NOCC(F)(F)F)c1cccc(F)c1F. The maximum absolute atomic E-state index is 13.2. The van der Waals surface area contributed by atoms with E-state index in [-0.39, 0.29) is 5.56 Å². The van der Waals surface area contributed by atoms with Crippen molar-refractivity contribution in [3.8, 4) is 0 Å². The molecule has 0 fully saturated rings. The van der Waals surface area contributed by atoms with Gasteiger partial charge >= 0.3 is 6.18 Å². The number of nitrogens with one attached hydrogen (secondary N) is 1. The summed E-state index contributed by atoms with van der Waals surface area (Å²) in [6.07, 6.45) is -4.48. The van der Waals surface area contributed by atoms with Crippen LogP contribution in [0.25, 0.3) is 0 Å². The van der Waals surface area contributed by atoms with Crippen LogP contribution >= 0.6 is 0 Å². The molecule has 1 atom stereocenters. The standard InChI is InChI=1S/C10H10F5NO/c1-6(16-17-5-10(13,14)15)7-3-2-4-8(11)9(7)12/h2-4,6,16H,5H2,1H3. The van der Waals surface area contributed by atoms with Crippen molar-refractivity contribution in [1.82, 2.24) is 5.48 Å². The van der Waals surface area contributed by atoms with Gasteiger partial charge in [0.05, 0.1) is 6.04 Å². The lowest BCUT2D eigenvalue weighted by Crippen LogP contribution is -2.27. The van der Waals surface area contributed by atoms with Crippen molar-refractivity contribution in [1.29, 1.82) is 0 Å². The zero-order valence-corrected chi connectivity index (χ0v) is 8.81. The topological polar surface area (TPSA) is 21.3 Å². The molecule has 0 amide bonds. The highest BCUT2D eigenvalue weighted by Crippen LogP contribution is 2.19. The molecule has 0 radical (unpaired) electrons. The highest BCUT2D eigenvalue weighted by Gasteiger charge is 2.28. The van der Waals surface area contributed by atoms with Crippen LogP contribution in [0.5, 0.6) is 0 Å². The minimum absolute atomic E-state index is 0.104. The van der Waals surface area contributed by atoms with Gasteiger partial charge in [0.2, 0.25) is 0 Å². The average Bonchev–Trinajstić information content (AvgIpc) is 2.20. The lowest BCUT2D eigenvalue weighted by atomic mass is 10.1. The summed E-state index contributed by atoms with van der Waals surface area (Å²) in [6.45, 7) is -0.150. The van der Waals surface area contributed by atoms with Gasteiger partial charge in [-0.15, -0.1) is 0 Å². The molecule has 0 saturated heterocycles. The van der Waals surface area contributed by atoms with Crippen molar-refractivity contribution < 1.29 is 26.8 Å². The summed E-state index contributed by atoms with van der Waals surface area (Å²) < 4.78 is 61.3. The van der Waals surface area contributed by atoms with Gasteiger partial charge in [-0.2, -0.15) is 18.7 Å². The molecule has 1 unspecified atom stereocenters. The predicted octanol–water partition coefficient (Wildman–Crippen LogP) is 3.11. The van der Waals surface area contributed by atoms with E-state index in [1.54, 1.807) is 0 Å². The number of hydrogen-bond acceptors (Lipinski definition) is 2. The van der Waals surface area contributed by atoms with Gasteiger partial charge in [-0.05, 0) is 13.0 Å². The van der Waals surface area contributed by atoms with Crippen molar-refractivity contribution in [2.24, 2.45) is 0 Å². The summed E-state index contributed by atoms with van der Waals surface area (Å²) in [5.74, 6) is -2.17. The minimum Gasteiger partial charge on any atom is -0.292 e. The smallest absolute Gasteiger partial charge is 0.292 e. The fourth-order valence-corrected chi connectivity index (χ4v) is 1.17. The molecule has 0 bridgehead atoms. The van der Waals surface area contributed by atoms with Gasteiger partial charge in [-0.3, -0.25) is 4.84 Å². The second-order valence-electron chi connectivity index (χ2n) is 3.39. The van der Waals surface area contributed by atoms with Gasteiger partial charge in [0.1, 0.15) is 0 Å². The third kappa shape index (κ3) is 4.27. The van der Waals surface area contributed by atoms with E-state index in [0.29, 0.717) is 0 Å². The second-order valence-corrected chi connectivity index (χ2v) is 3.39. The van der Waals surface area contributed by atoms with Crippen LogP contribution in [0, 0.1) is 11.6 Å². The minimum atomic E-state index is -4.48. The summed E-state index contributed by atoms with van der Waals surface area (Å²) in [4.78, 5) is 4.15. The first-order valence-corrected chi connectivity index (χ1v) is 4.69. The molecule has 0 aromatic heterocycles. The van der Waals surface area contributed by atoms with E-state index in [1.165, 1.54) is 19.1 Å². The van der Waals surface area contributed by atoms with Crippen LogP contribution in [0.3, 0.4) is 0 Å². The molecule has 0 heterocycles. The number of alkyl halides is 3. The van der Waals surface area contributed by atoms with Crippen LogP contribution in [-0.4, -0.2) is 12.8 Å². The molecular weight excluding hydrogens is 245 g/mol. The Balaban J connectivity index is 2.58. The molecule has 0 aliphatic heterocycles. The lowest BCUT2D eigenvalue weighted by Gasteiger charge is -2.15. The Kier molecular flexibility index (Phi) is 4.41. The monoisotopic (exact) mass is 255 g/mol. The molecule has 7 heteroatoms. The van der Waals surface area contributed by atoms with Crippen LogP contribution in [0.1, 0.15) is 18.5 Å². The van der Waals surface area contributed by atoms with E-state index in [4.69, 9.17) is 0 Å². The van der Waals surface area contributed by atoms with E-state index < -0.39 is 30.5 Å². The maximum Gasteiger partial charge on any atom is 0.413 e. The molecular formula is C10H10F5NO. The van der Waals surface area contributed by atoms with E-state index in [9.17, 15) is 22.0 Å². The van der Waals surface area contributed by atoms with Gasteiger partial charge in [0.15, 0.2) is 18.2 Å². The van der Waals surface area contributed by atoms with E-state index in [1.807, 2.05) is 5.48 Å². The Morgan fingerprint density at radius 2 is 1.94 bits per heavy atom. The largest absolute Gasteiger partial charge is 0.413 e. The fourth-order valence-electron chi connectivity index (χ4n) is 1.17. The van der Waals surface area contributed by atoms with Crippen LogP contribution in [0.15, 0.2) is 18.2 Å². The molecule has 1 aromatic rings. The highest BCUT2D eigenvalue weighted by atomic mass is 19.4. The Morgan fingerprint density at radius 3 is 2.53 bits per heavy atom. The van der Waals surface area contributed by atoms with Gasteiger partial charge < -0.3 is 0 Å². The average molecular weight is 255 g/mol. The van der Waals surface area contributed by atoms with Gasteiger partial charge in [0.25, 0.3) is 0 Å². The zero-order valence-electron chi connectivity index (χ0n) is 8.81. The molecule has 0 saturated carbocycles. The van der Waals surface area contributed by atoms with Crippen molar-refractivity contribution in [2.75, 3.05) is 6.61 Å². The van der Waals surface area contributed by atoms with Crippen LogP contribution in [-0.2, 0) is 4.84 Å². The van der Waals surface area contributed by atoms with Crippen molar-refractivity contribution in [3.05, 3.63) is 35.4 Å². The first kappa shape index (κ1) is 13.9. The molecule has 1 N–H and O–H groups in total. The Bertz CT molecular complexity index is 379. The van der Waals surface area contributed by atoms with Crippen LogP contribution < -0.4 is 5.48 Å². The van der Waals surface area contributed by atoms with Gasteiger partial charge in [-0.25, -0.2) is 8.78 Å². The van der Waals surface area contributed by atoms with E-state index >= 15 is 0 Å². The third-order valence-corrected chi connectivity index (χ3v) is 1.94. The first-order chi connectivity index (χ1) is 7.81. The Morgan fingerprint density at radius 1 is 1.29 bits per heavy atom. The molecule has 0 aliphatic carbocycles.